The van der Waals surface area contributed by atoms with Gasteiger partial charge in [-0.15, -0.1) is 0 Å². The van der Waals surface area contributed by atoms with Crippen LogP contribution in [0.25, 0.3) is 10.8 Å². The van der Waals surface area contributed by atoms with Crippen LogP contribution in [-0.2, 0) is 17.8 Å². The molecule has 4 aliphatic heterocycles. The summed E-state index contributed by atoms with van der Waals surface area (Å²) in [6.45, 7) is 7.38. The van der Waals surface area contributed by atoms with Crippen molar-refractivity contribution in [1.29, 1.82) is 5.26 Å². The number of halogens is 1. The molecule has 3 saturated heterocycles. The number of likely N-dealkylation sites (N-methyl/N-ethyl adjacent to an activating group) is 1. The third-order valence-corrected chi connectivity index (χ3v) is 10.1. The van der Waals surface area contributed by atoms with Gasteiger partial charge in [-0.05, 0) is 57.3 Å². The van der Waals surface area contributed by atoms with Crippen LogP contribution in [0.4, 0.5) is 11.5 Å². The number of piperazine rings is 1. The molecule has 0 unspecified atom stereocenters. The number of carbonyl (C=O) groups is 1. The van der Waals surface area contributed by atoms with Gasteiger partial charge in [0.05, 0.1) is 35.8 Å². The molecular formula is C33H39ClN8O2. The number of amides is 1. The maximum atomic E-state index is 13.3. The molecule has 230 valence electrons. The summed E-state index contributed by atoms with van der Waals surface area (Å²) in [5, 5.41) is 15.8. The molecule has 1 aromatic heterocycles. The second-order valence-corrected chi connectivity index (χ2v) is 13.2. The Morgan fingerprint density at radius 2 is 1.95 bits per heavy atom. The van der Waals surface area contributed by atoms with Crippen LogP contribution in [0.15, 0.2) is 36.4 Å². The highest BCUT2D eigenvalue weighted by Crippen LogP contribution is 2.37. The number of nitriles is 1. The summed E-state index contributed by atoms with van der Waals surface area (Å²) in [5.74, 6) is 0.947. The molecule has 0 spiro atoms. The molecule has 0 saturated carbocycles. The van der Waals surface area contributed by atoms with E-state index in [1.807, 2.05) is 24.0 Å². The molecule has 44 heavy (non-hydrogen) atoms. The molecule has 0 aliphatic carbocycles. The van der Waals surface area contributed by atoms with Crippen LogP contribution in [0.5, 0.6) is 6.01 Å². The lowest BCUT2D eigenvalue weighted by Crippen LogP contribution is -2.58. The first-order valence-corrected chi connectivity index (χ1v) is 16.1. The minimum Gasteiger partial charge on any atom is -0.462 e. The van der Waals surface area contributed by atoms with Crippen LogP contribution in [0.1, 0.15) is 37.4 Å². The summed E-state index contributed by atoms with van der Waals surface area (Å²) in [5.41, 5.74) is 2.65. The highest BCUT2D eigenvalue weighted by atomic mass is 35.5. The Hall–Kier alpha value is -3.65. The molecule has 11 heteroatoms. The Bertz CT molecular complexity index is 1620. The van der Waals surface area contributed by atoms with Crippen molar-refractivity contribution in [3.8, 4) is 12.1 Å². The van der Waals surface area contributed by atoms with Gasteiger partial charge in [0.15, 0.2) is 0 Å². The van der Waals surface area contributed by atoms with E-state index < -0.39 is 5.54 Å². The molecule has 2 aromatic carbocycles. The molecule has 0 bridgehead atoms. The average Bonchev–Trinajstić information content (AvgIpc) is 3.66. The molecule has 4 aliphatic rings. The van der Waals surface area contributed by atoms with E-state index in [1.54, 1.807) is 0 Å². The number of fused-ring (bicyclic) bond motifs is 2. The number of hydrogen-bond acceptors (Lipinski definition) is 9. The smallest absolute Gasteiger partial charge is 0.318 e. The molecule has 1 N–H and O–H groups in total. The van der Waals surface area contributed by atoms with Gasteiger partial charge in [0, 0.05) is 55.4 Å². The summed E-state index contributed by atoms with van der Waals surface area (Å²) in [6.07, 6.45) is 3.31. The first-order chi connectivity index (χ1) is 21.3. The lowest BCUT2D eigenvalue weighted by Gasteiger charge is -2.43. The molecule has 3 aromatic rings. The van der Waals surface area contributed by atoms with E-state index in [0.717, 1.165) is 64.5 Å². The maximum Gasteiger partial charge on any atom is 0.318 e. The number of anilines is 2. The summed E-state index contributed by atoms with van der Waals surface area (Å²) >= 11 is 6.72. The van der Waals surface area contributed by atoms with Gasteiger partial charge in [-0.1, -0.05) is 35.9 Å². The van der Waals surface area contributed by atoms with Gasteiger partial charge in [0.25, 0.3) is 0 Å². The predicted octanol–water partition coefficient (Wildman–Crippen LogP) is 3.61. The SMILES string of the molecule is CN1CCC[C@H]1COc1nc2c(c(N3CCN(C(=O)[C@@]4(C)CN4)[C@@H](CC#N)C3)n1)CCN(c1cccc3cccc(Cl)c13)C2. The monoisotopic (exact) mass is 614 g/mol. The zero-order chi connectivity index (χ0) is 30.4. The number of likely N-dealkylation sites (tertiary alicyclic amines) is 1. The number of benzene rings is 2. The molecule has 5 heterocycles. The van der Waals surface area contributed by atoms with Crippen molar-refractivity contribution in [2.24, 2.45) is 0 Å². The third kappa shape index (κ3) is 5.42. The highest BCUT2D eigenvalue weighted by Gasteiger charge is 2.49. The van der Waals surface area contributed by atoms with Gasteiger partial charge < -0.3 is 29.7 Å². The fourth-order valence-electron chi connectivity index (χ4n) is 7.02. The molecule has 7 rings (SSSR count). The fourth-order valence-corrected chi connectivity index (χ4v) is 7.30. The van der Waals surface area contributed by atoms with Crippen molar-refractivity contribution in [1.82, 2.24) is 25.1 Å². The molecule has 3 atom stereocenters. The Balaban J connectivity index is 1.21. The largest absolute Gasteiger partial charge is 0.462 e. The molecular weight excluding hydrogens is 576 g/mol. The Morgan fingerprint density at radius 1 is 1.14 bits per heavy atom. The van der Waals surface area contributed by atoms with Crippen LogP contribution in [0.3, 0.4) is 0 Å². The van der Waals surface area contributed by atoms with E-state index in [0.29, 0.717) is 51.4 Å². The van der Waals surface area contributed by atoms with Crippen molar-refractivity contribution < 1.29 is 9.53 Å². The van der Waals surface area contributed by atoms with E-state index in [9.17, 15) is 10.1 Å². The first kappa shape index (κ1) is 29.1. The van der Waals surface area contributed by atoms with E-state index >= 15 is 0 Å². The van der Waals surface area contributed by atoms with Crippen LogP contribution in [-0.4, -0.2) is 96.2 Å². The van der Waals surface area contributed by atoms with Crippen LogP contribution in [0.2, 0.25) is 5.02 Å². The van der Waals surface area contributed by atoms with Crippen molar-refractivity contribution >= 4 is 39.8 Å². The second-order valence-electron chi connectivity index (χ2n) is 12.8. The Kier molecular flexibility index (Phi) is 7.73. The highest BCUT2D eigenvalue weighted by molar-refractivity contribution is 6.36. The van der Waals surface area contributed by atoms with Crippen molar-refractivity contribution in [3.63, 3.8) is 0 Å². The molecule has 3 fully saturated rings. The Morgan fingerprint density at radius 3 is 2.70 bits per heavy atom. The van der Waals surface area contributed by atoms with Crippen LogP contribution < -0.4 is 19.9 Å². The van der Waals surface area contributed by atoms with Gasteiger partial charge in [-0.25, -0.2) is 0 Å². The minimum absolute atomic E-state index is 0.0798. The van der Waals surface area contributed by atoms with Gasteiger partial charge >= 0.3 is 6.01 Å². The van der Waals surface area contributed by atoms with Crippen molar-refractivity contribution in [2.45, 2.75) is 56.8 Å². The summed E-state index contributed by atoms with van der Waals surface area (Å²) < 4.78 is 6.32. The standard InChI is InChI=1S/C33H39ClN8O2/c1-33(21-36-33)31(43)42-17-16-41(18-23(42)11-13-35)30-25-12-15-40(28-10-4-7-22-6-3-9-26(34)29(22)28)19-27(25)37-32(38-30)44-20-24-8-5-14-39(24)2/h3-4,6-7,9-10,23-24,36H,5,8,11-12,14-21H2,1-2H3/t23-,24-,33+/m0/s1. The van der Waals surface area contributed by atoms with E-state index in [1.165, 1.54) is 6.42 Å². The van der Waals surface area contributed by atoms with Gasteiger partial charge in [-0.2, -0.15) is 15.2 Å². The van der Waals surface area contributed by atoms with E-state index in [4.69, 9.17) is 26.3 Å². The summed E-state index contributed by atoms with van der Waals surface area (Å²) in [4.78, 5) is 32.1. The lowest BCUT2D eigenvalue weighted by molar-refractivity contribution is -0.136. The lowest BCUT2D eigenvalue weighted by atomic mass is 10.0. The zero-order valence-corrected chi connectivity index (χ0v) is 26.2. The van der Waals surface area contributed by atoms with Gasteiger partial charge in [-0.3, -0.25) is 4.79 Å². The quantitative estimate of drug-likeness (QED) is 0.399. The van der Waals surface area contributed by atoms with Gasteiger partial charge in [0.1, 0.15) is 18.0 Å². The van der Waals surface area contributed by atoms with E-state index in [-0.39, 0.29) is 18.4 Å². The van der Waals surface area contributed by atoms with E-state index in [2.05, 4.69) is 57.4 Å². The normalized spacial score (nSPS) is 25.2. The Labute approximate surface area is 263 Å². The number of nitrogens with one attached hydrogen (secondary N) is 1. The molecule has 10 nitrogen and oxygen atoms in total. The molecule has 0 radical (unpaired) electrons. The first-order valence-electron chi connectivity index (χ1n) is 15.7. The fraction of sp³-hybridized carbons (Fsp3) is 0.515. The predicted molar refractivity (Wildman–Crippen MR) is 171 cm³/mol. The maximum absolute atomic E-state index is 13.3. The zero-order valence-electron chi connectivity index (χ0n) is 25.4. The van der Waals surface area contributed by atoms with Crippen molar-refractivity contribution in [2.75, 3.05) is 62.7 Å². The summed E-state index contributed by atoms with van der Waals surface area (Å²) in [7, 11) is 2.14. The van der Waals surface area contributed by atoms with Crippen molar-refractivity contribution in [3.05, 3.63) is 52.7 Å². The number of hydrogen-bond donors (Lipinski definition) is 1. The van der Waals surface area contributed by atoms with Gasteiger partial charge in [0.2, 0.25) is 5.91 Å². The topological polar surface area (TPSA) is 111 Å². The number of carbonyl (C=O) groups excluding carboxylic acids is 1. The second kappa shape index (κ2) is 11.7. The number of ether oxygens (including phenoxy) is 1. The third-order valence-electron chi connectivity index (χ3n) is 9.82. The number of aromatic nitrogens is 2. The van der Waals surface area contributed by atoms with Crippen LogP contribution >= 0.6 is 11.6 Å². The average molecular weight is 615 g/mol. The van der Waals surface area contributed by atoms with Crippen LogP contribution in [0, 0.1) is 11.3 Å². The minimum atomic E-state index is -0.508. The number of rotatable bonds is 7. The molecule has 1 amide bonds. The summed E-state index contributed by atoms with van der Waals surface area (Å²) in [6, 6.07) is 15.2. The number of nitrogens with zero attached hydrogens (tertiary/aromatic N) is 7.